The Bertz CT molecular complexity index is 884. The molecule has 0 saturated carbocycles. The van der Waals surface area contributed by atoms with Crippen LogP contribution in [0.25, 0.3) is 10.6 Å². The van der Waals surface area contributed by atoms with E-state index in [4.69, 9.17) is 16.6 Å². The number of hydrogen-bond acceptors (Lipinski definition) is 5. The molecule has 1 aliphatic heterocycles. The molecule has 1 aliphatic rings. The van der Waals surface area contributed by atoms with Crippen molar-refractivity contribution in [3.63, 3.8) is 0 Å². The van der Waals surface area contributed by atoms with Crippen LogP contribution >= 0.6 is 34.3 Å². The van der Waals surface area contributed by atoms with E-state index in [-0.39, 0.29) is 5.91 Å². The summed E-state index contributed by atoms with van der Waals surface area (Å²) in [6.07, 6.45) is 0.522. The molecule has 7 heteroatoms. The first-order valence-corrected chi connectivity index (χ1v) is 11.0. The summed E-state index contributed by atoms with van der Waals surface area (Å²) in [6.45, 7) is 4.20. The van der Waals surface area contributed by atoms with Gasteiger partial charge in [0.05, 0.1) is 12.1 Å². The fraction of sp³-hybridized carbons (Fsp3) is 0.300. The van der Waals surface area contributed by atoms with Gasteiger partial charge in [-0.1, -0.05) is 29.8 Å². The highest BCUT2D eigenvalue weighted by atomic mass is 35.5. The molecule has 0 unspecified atom stereocenters. The second-order valence-electron chi connectivity index (χ2n) is 6.56. The highest BCUT2D eigenvalue weighted by Crippen LogP contribution is 2.25. The number of thiophene rings is 1. The van der Waals surface area contributed by atoms with E-state index < -0.39 is 0 Å². The van der Waals surface area contributed by atoms with E-state index in [0.717, 1.165) is 58.9 Å². The molecule has 0 atom stereocenters. The third-order valence-corrected chi connectivity index (χ3v) is 6.73. The SMILES string of the molecule is O=C(Cc1cccs1)N1CCN(Cc2csc(-c3ccc(Cl)cc3)n2)CC1. The lowest BCUT2D eigenvalue weighted by Crippen LogP contribution is -2.48. The van der Waals surface area contributed by atoms with Crippen molar-refractivity contribution in [1.29, 1.82) is 0 Å². The summed E-state index contributed by atoms with van der Waals surface area (Å²) in [7, 11) is 0. The van der Waals surface area contributed by atoms with Crippen LogP contribution in [-0.2, 0) is 17.8 Å². The minimum atomic E-state index is 0.232. The molecule has 3 heterocycles. The number of carbonyl (C=O) groups excluding carboxylic acids is 1. The zero-order valence-electron chi connectivity index (χ0n) is 14.8. The van der Waals surface area contributed by atoms with Crippen molar-refractivity contribution in [1.82, 2.24) is 14.8 Å². The van der Waals surface area contributed by atoms with Crippen LogP contribution in [0.15, 0.2) is 47.2 Å². The monoisotopic (exact) mass is 417 g/mol. The number of piperazine rings is 1. The topological polar surface area (TPSA) is 36.4 Å². The van der Waals surface area contributed by atoms with E-state index in [1.165, 1.54) is 0 Å². The van der Waals surface area contributed by atoms with Crippen molar-refractivity contribution >= 4 is 40.2 Å². The van der Waals surface area contributed by atoms with Gasteiger partial charge in [0.1, 0.15) is 5.01 Å². The van der Waals surface area contributed by atoms with E-state index in [2.05, 4.69) is 10.3 Å². The Morgan fingerprint density at radius 3 is 2.56 bits per heavy atom. The molecule has 0 spiro atoms. The number of hydrogen-bond donors (Lipinski definition) is 0. The van der Waals surface area contributed by atoms with Crippen LogP contribution in [0.3, 0.4) is 0 Å². The van der Waals surface area contributed by atoms with Crippen molar-refractivity contribution in [3.05, 3.63) is 62.8 Å². The third kappa shape index (κ3) is 4.76. The van der Waals surface area contributed by atoms with Crippen LogP contribution in [0.5, 0.6) is 0 Å². The van der Waals surface area contributed by atoms with Gasteiger partial charge in [0.15, 0.2) is 0 Å². The normalized spacial score (nSPS) is 15.2. The minimum Gasteiger partial charge on any atom is -0.340 e. The maximum absolute atomic E-state index is 12.4. The van der Waals surface area contributed by atoms with Gasteiger partial charge in [0.25, 0.3) is 0 Å². The summed E-state index contributed by atoms with van der Waals surface area (Å²) >= 11 is 9.26. The van der Waals surface area contributed by atoms with Crippen LogP contribution in [0.1, 0.15) is 10.6 Å². The van der Waals surface area contributed by atoms with Crippen molar-refractivity contribution in [2.45, 2.75) is 13.0 Å². The van der Waals surface area contributed by atoms with Gasteiger partial charge in [-0.15, -0.1) is 22.7 Å². The predicted molar refractivity (Wildman–Crippen MR) is 112 cm³/mol. The Morgan fingerprint density at radius 2 is 1.85 bits per heavy atom. The molecule has 0 aliphatic carbocycles. The average molecular weight is 418 g/mol. The quantitative estimate of drug-likeness (QED) is 0.616. The Morgan fingerprint density at radius 1 is 1.07 bits per heavy atom. The summed E-state index contributed by atoms with van der Waals surface area (Å²) < 4.78 is 0. The molecule has 140 valence electrons. The molecular formula is C20H20ClN3OS2. The fourth-order valence-corrected chi connectivity index (χ4v) is 4.80. The van der Waals surface area contributed by atoms with Gasteiger partial charge in [-0.25, -0.2) is 4.98 Å². The zero-order valence-corrected chi connectivity index (χ0v) is 17.2. The van der Waals surface area contributed by atoms with Gasteiger partial charge in [-0.05, 0) is 23.6 Å². The number of nitrogens with zero attached hydrogens (tertiary/aromatic N) is 3. The molecule has 27 heavy (non-hydrogen) atoms. The van der Waals surface area contributed by atoms with Crippen molar-refractivity contribution in [2.24, 2.45) is 0 Å². The fourth-order valence-electron chi connectivity index (χ4n) is 3.16. The second-order valence-corrected chi connectivity index (χ2v) is 8.89. The number of thiazole rings is 1. The van der Waals surface area contributed by atoms with Gasteiger partial charge < -0.3 is 4.90 Å². The van der Waals surface area contributed by atoms with Gasteiger partial charge in [-0.2, -0.15) is 0 Å². The van der Waals surface area contributed by atoms with Crippen LogP contribution in [0.4, 0.5) is 0 Å². The van der Waals surface area contributed by atoms with Crippen molar-refractivity contribution in [3.8, 4) is 10.6 Å². The van der Waals surface area contributed by atoms with Gasteiger partial charge >= 0.3 is 0 Å². The smallest absolute Gasteiger partial charge is 0.227 e. The average Bonchev–Trinajstić information content (AvgIpc) is 3.35. The van der Waals surface area contributed by atoms with Gasteiger partial charge in [0.2, 0.25) is 5.91 Å². The highest BCUT2D eigenvalue weighted by molar-refractivity contribution is 7.13. The Hall–Kier alpha value is -1.73. The first-order valence-electron chi connectivity index (χ1n) is 8.90. The number of benzene rings is 1. The Balaban J connectivity index is 1.29. The largest absolute Gasteiger partial charge is 0.340 e. The van der Waals surface area contributed by atoms with E-state index in [1.807, 2.05) is 46.7 Å². The molecular weight excluding hydrogens is 398 g/mol. The third-order valence-electron chi connectivity index (χ3n) is 4.66. The maximum atomic E-state index is 12.4. The van der Waals surface area contributed by atoms with E-state index >= 15 is 0 Å². The highest BCUT2D eigenvalue weighted by Gasteiger charge is 2.22. The van der Waals surface area contributed by atoms with E-state index in [1.54, 1.807) is 22.7 Å². The van der Waals surface area contributed by atoms with Gasteiger partial charge in [-0.3, -0.25) is 9.69 Å². The number of halogens is 1. The first kappa shape index (κ1) is 18.6. The molecule has 0 N–H and O–H groups in total. The zero-order chi connectivity index (χ0) is 18.6. The molecule has 1 saturated heterocycles. The Labute approximate surface area is 172 Å². The molecule has 4 rings (SSSR count). The predicted octanol–water partition coefficient (Wildman–Crippen LogP) is 4.41. The van der Waals surface area contributed by atoms with Crippen LogP contribution in [0, 0.1) is 0 Å². The minimum absolute atomic E-state index is 0.232. The lowest BCUT2D eigenvalue weighted by atomic mass is 10.2. The molecule has 0 radical (unpaired) electrons. The van der Waals surface area contributed by atoms with Crippen molar-refractivity contribution < 1.29 is 4.79 Å². The standard InChI is InChI=1S/C20H20ClN3OS2/c21-16-5-3-15(4-6-16)20-22-17(14-27-20)13-23-7-9-24(10-8-23)19(25)12-18-2-1-11-26-18/h1-6,11,14H,7-10,12-13H2. The number of aromatic nitrogens is 1. The molecule has 3 aromatic rings. The lowest BCUT2D eigenvalue weighted by molar-refractivity contribution is -0.132. The van der Waals surface area contributed by atoms with Crippen LogP contribution in [-0.4, -0.2) is 46.9 Å². The lowest BCUT2D eigenvalue weighted by Gasteiger charge is -2.34. The molecule has 0 bridgehead atoms. The molecule has 1 fully saturated rings. The molecule has 4 nitrogen and oxygen atoms in total. The molecule has 1 aromatic carbocycles. The van der Waals surface area contributed by atoms with Crippen molar-refractivity contribution in [2.75, 3.05) is 26.2 Å². The molecule has 1 amide bonds. The number of carbonyl (C=O) groups is 1. The van der Waals surface area contributed by atoms with Crippen LogP contribution < -0.4 is 0 Å². The number of rotatable bonds is 5. The Kier molecular flexibility index (Phi) is 5.88. The number of amides is 1. The van der Waals surface area contributed by atoms with Crippen LogP contribution in [0.2, 0.25) is 5.02 Å². The summed E-state index contributed by atoms with van der Waals surface area (Å²) in [6, 6.07) is 11.8. The van der Waals surface area contributed by atoms with E-state index in [0.29, 0.717) is 6.42 Å². The molecule has 2 aromatic heterocycles. The summed E-state index contributed by atoms with van der Waals surface area (Å²) in [4.78, 5) is 22.7. The first-order chi connectivity index (χ1) is 13.2. The van der Waals surface area contributed by atoms with E-state index in [9.17, 15) is 4.79 Å². The van der Waals surface area contributed by atoms with Gasteiger partial charge in [0, 0.05) is 53.6 Å². The maximum Gasteiger partial charge on any atom is 0.227 e. The summed E-state index contributed by atoms with van der Waals surface area (Å²) in [5.41, 5.74) is 2.18. The summed E-state index contributed by atoms with van der Waals surface area (Å²) in [5.74, 6) is 0.232. The second kappa shape index (κ2) is 8.52. The summed E-state index contributed by atoms with van der Waals surface area (Å²) in [5, 5.41) is 5.90.